The van der Waals surface area contributed by atoms with E-state index in [1.54, 1.807) is 31.2 Å². The summed E-state index contributed by atoms with van der Waals surface area (Å²) in [6.45, 7) is 3.77. The molecule has 124 valence electrons. The molecular weight excluding hydrogens is 302 g/mol. The van der Waals surface area contributed by atoms with E-state index >= 15 is 0 Å². The molecule has 0 aromatic heterocycles. The number of benzene rings is 2. The van der Waals surface area contributed by atoms with E-state index in [-0.39, 0.29) is 11.8 Å². The van der Waals surface area contributed by atoms with Crippen molar-refractivity contribution in [2.75, 3.05) is 5.32 Å². The first-order valence-corrected chi connectivity index (χ1v) is 7.96. The predicted molar refractivity (Wildman–Crippen MR) is 96.1 cm³/mol. The monoisotopic (exact) mass is 323 g/mol. The van der Waals surface area contributed by atoms with E-state index in [2.05, 4.69) is 15.8 Å². The lowest BCUT2D eigenvalue weighted by Crippen LogP contribution is -2.20. The molecule has 0 aliphatic heterocycles. The molecule has 0 fully saturated rings. The number of nitrogens with zero attached hydrogens (tertiary/aromatic N) is 1. The van der Waals surface area contributed by atoms with Crippen molar-refractivity contribution in [2.45, 2.75) is 26.7 Å². The molecule has 0 aliphatic carbocycles. The second kappa shape index (κ2) is 8.62. The third-order valence-electron chi connectivity index (χ3n) is 3.49. The van der Waals surface area contributed by atoms with Gasteiger partial charge in [0.2, 0.25) is 5.91 Å². The van der Waals surface area contributed by atoms with E-state index in [1.165, 1.54) is 0 Å². The molecule has 5 heteroatoms. The van der Waals surface area contributed by atoms with Crippen LogP contribution in [0.1, 0.15) is 42.6 Å². The van der Waals surface area contributed by atoms with Gasteiger partial charge in [0, 0.05) is 17.7 Å². The van der Waals surface area contributed by atoms with Crippen LogP contribution in [0.3, 0.4) is 0 Å². The van der Waals surface area contributed by atoms with Crippen LogP contribution < -0.4 is 10.7 Å². The first-order valence-electron chi connectivity index (χ1n) is 7.96. The van der Waals surface area contributed by atoms with Crippen molar-refractivity contribution in [3.05, 3.63) is 65.7 Å². The van der Waals surface area contributed by atoms with Gasteiger partial charge in [-0.2, -0.15) is 5.10 Å². The molecule has 2 aromatic rings. The molecule has 2 aromatic carbocycles. The van der Waals surface area contributed by atoms with Crippen LogP contribution >= 0.6 is 0 Å². The third-order valence-corrected chi connectivity index (χ3v) is 3.49. The van der Waals surface area contributed by atoms with Crippen molar-refractivity contribution in [1.29, 1.82) is 0 Å². The standard InChI is InChI=1S/C19H21N3O2/c1-3-17(14-8-6-5-7-9-14)21-22-19(24)15-10-12-16(13-11-15)20-18(23)4-2/h5-13H,3-4H2,1-2H3,(H,20,23)(H,22,24)/b21-17-. The van der Waals surface area contributed by atoms with Crippen LogP contribution in [0.2, 0.25) is 0 Å². The number of hydrazone groups is 1. The highest BCUT2D eigenvalue weighted by atomic mass is 16.2. The fourth-order valence-corrected chi connectivity index (χ4v) is 2.12. The van der Waals surface area contributed by atoms with Crippen LogP contribution in [-0.2, 0) is 4.79 Å². The molecule has 0 spiro atoms. The summed E-state index contributed by atoms with van der Waals surface area (Å²) in [7, 11) is 0. The van der Waals surface area contributed by atoms with Crippen molar-refractivity contribution in [3.8, 4) is 0 Å². The Labute approximate surface area is 141 Å². The van der Waals surface area contributed by atoms with Crippen molar-refractivity contribution in [3.63, 3.8) is 0 Å². The number of hydrogen-bond acceptors (Lipinski definition) is 3. The predicted octanol–water partition coefficient (Wildman–Crippen LogP) is 3.58. The molecule has 2 amide bonds. The largest absolute Gasteiger partial charge is 0.326 e. The molecule has 0 atom stereocenters. The Hall–Kier alpha value is -2.95. The molecular formula is C19H21N3O2. The quantitative estimate of drug-likeness (QED) is 0.630. The van der Waals surface area contributed by atoms with Gasteiger partial charge in [0.05, 0.1) is 5.71 Å². The fraction of sp³-hybridized carbons (Fsp3) is 0.211. The lowest BCUT2D eigenvalue weighted by molar-refractivity contribution is -0.115. The van der Waals surface area contributed by atoms with E-state index in [0.29, 0.717) is 24.1 Å². The Morgan fingerprint density at radius 2 is 1.54 bits per heavy atom. The van der Waals surface area contributed by atoms with Crippen LogP contribution in [0.4, 0.5) is 5.69 Å². The third kappa shape index (κ3) is 4.78. The smallest absolute Gasteiger partial charge is 0.271 e. The molecule has 2 N–H and O–H groups in total. The number of rotatable bonds is 6. The molecule has 0 saturated heterocycles. The molecule has 5 nitrogen and oxygen atoms in total. The lowest BCUT2D eigenvalue weighted by atomic mass is 10.1. The van der Waals surface area contributed by atoms with Gasteiger partial charge in [-0.1, -0.05) is 44.2 Å². The minimum absolute atomic E-state index is 0.0627. The average Bonchev–Trinajstić information content (AvgIpc) is 2.63. The molecule has 0 aliphatic rings. The number of amides is 2. The maximum atomic E-state index is 12.2. The van der Waals surface area contributed by atoms with Crippen molar-refractivity contribution in [2.24, 2.45) is 5.10 Å². The highest BCUT2D eigenvalue weighted by Crippen LogP contribution is 2.10. The number of anilines is 1. The maximum absolute atomic E-state index is 12.2. The van der Waals surface area contributed by atoms with Crippen LogP contribution in [0.5, 0.6) is 0 Å². The van der Waals surface area contributed by atoms with E-state index < -0.39 is 0 Å². The topological polar surface area (TPSA) is 70.6 Å². The molecule has 24 heavy (non-hydrogen) atoms. The summed E-state index contributed by atoms with van der Waals surface area (Å²) in [5.74, 6) is -0.350. The first kappa shape index (κ1) is 17.4. The minimum atomic E-state index is -0.287. The number of nitrogens with one attached hydrogen (secondary N) is 2. The summed E-state index contributed by atoms with van der Waals surface area (Å²) in [4.78, 5) is 23.5. The summed E-state index contributed by atoms with van der Waals surface area (Å²) in [5.41, 5.74) is 5.53. The molecule has 2 rings (SSSR count). The number of carbonyl (C=O) groups excluding carboxylic acids is 2. The summed E-state index contributed by atoms with van der Waals surface area (Å²) in [5, 5.41) is 6.96. The van der Waals surface area contributed by atoms with Crippen molar-refractivity contribution >= 4 is 23.2 Å². The minimum Gasteiger partial charge on any atom is -0.326 e. The summed E-state index contributed by atoms with van der Waals surface area (Å²) in [6.07, 6.45) is 1.13. The molecule has 0 unspecified atom stereocenters. The zero-order valence-electron chi connectivity index (χ0n) is 13.9. The van der Waals surface area contributed by atoms with Crippen molar-refractivity contribution in [1.82, 2.24) is 5.43 Å². The fourth-order valence-electron chi connectivity index (χ4n) is 2.12. The van der Waals surface area contributed by atoms with Crippen LogP contribution in [0.15, 0.2) is 59.7 Å². The zero-order valence-corrected chi connectivity index (χ0v) is 13.9. The van der Waals surface area contributed by atoms with Crippen LogP contribution in [0, 0.1) is 0 Å². The van der Waals surface area contributed by atoms with Crippen LogP contribution in [-0.4, -0.2) is 17.5 Å². The lowest BCUT2D eigenvalue weighted by Gasteiger charge is -2.06. The summed E-state index contributed by atoms with van der Waals surface area (Å²) >= 11 is 0. The second-order valence-corrected chi connectivity index (χ2v) is 5.20. The molecule has 0 radical (unpaired) electrons. The second-order valence-electron chi connectivity index (χ2n) is 5.20. The average molecular weight is 323 g/mol. The SMILES string of the molecule is CCC(=O)Nc1ccc(C(=O)N/N=C(/CC)c2ccccc2)cc1. The Balaban J connectivity index is 2.04. The van der Waals surface area contributed by atoms with Gasteiger partial charge in [-0.15, -0.1) is 0 Å². The van der Waals surface area contributed by atoms with E-state index in [4.69, 9.17) is 0 Å². The van der Waals surface area contributed by atoms with Gasteiger partial charge in [0.1, 0.15) is 0 Å². The van der Waals surface area contributed by atoms with Gasteiger partial charge < -0.3 is 5.32 Å². The number of hydrogen-bond donors (Lipinski definition) is 2. The Bertz CT molecular complexity index is 722. The molecule has 0 heterocycles. The Morgan fingerprint density at radius 3 is 2.12 bits per heavy atom. The Kier molecular flexibility index (Phi) is 6.25. The summed E-state index contributed by atoms with van der Waals surface area (Å²) < 4.78 is 0. The summed E-state index contributed by atoms with van der Waals surface area (Å²) in [6, 6.07) is 16.4. The normalized spacial score (nSPS) is 11.0. The van der Waals surface area contributed by atoms with Gasteiger partial charge in [-0.05, 0) is 36.2 Å². The van der Waals surface area contributed by atoms with Gasteiger partial charge in [-0.3, -0.25) is 9.59 Å². The highest BCUT2D eigenvalue weighted by Gasteiger charge is 2.07. The number of carbonyl (C=O) groups is 2. The van der Waals surface area contributed by atoms with Gasteiger partial charge in [0.25, 0.3) is 5.91 Å². The molecule has 0 bridgehead atoms. The van der Waals surface area contributed by atoms with Crippen LogP contribution in [0.25, 0.3) is 0 Å². The van der Waals surface area contributed by atoms with Gasteiger partial charge in [-0.25, -0.2) is 5.43 Å². The van der Waals surface area contributed by atoms with E-state index in [1.807, 2.05) is 37.3 Å². The Morgan fingerprint density at radius 1 is 0.875 bits per heavy atom. The first-order chi connectivity index (χ1) is 11.6. The van der Waals surface area contributed by atoms with Gasteiger partial charge in [0.15, 0.2) is 0 Å². The van der Waals surface area contributed by atoms with E-state index in [9.17, 15) is 9.59 Å². The molecule has 0 saturated carbocycles. The zero-order chi connectivity index (χ0) is 17.4. The van der Waals surface area contributed by atoms with Gasteiger partial charge >= 0.3 is 0 Å². The van der Waals surface area contributed by atoms with Crippen molar-refractivity contribution < 1.29 is 9.59 Å². The highest BCUT2D eigenvalue weighted by molar-refractivity contribution is 6.02. The maximum Gasteiger partial charge on any atom is 0.271 e. The van der Waals surface area contributed by atoms with E-state index in [0.717, 1.165) is 11.3 Å².